The van der Waals surface area contributed by atoms with Gasteiger partial charge in [0.25, 0.3) is 11.8 Å². The Bertz CT molecular complexity index is 1130. The maximum atomic E-state index is 13.0. The molecule has 37 heavy (non-hydrogen) atoms. The molecule has 0 aliphatic carbocycles. The normalized spacial score (nSPS) is 19.2. The molecule has 1 atom stereocenters. The number of amides is 2. The van der Waals surface area contributed by atoms with Gasteiger partial charge in [0.05, 0.1) is 18.4 Å². The van der Waals surface area contributed by atoms with Crippen molar-refractivity contribution >= 4 is 46.7 Å². The molecule has 0 saturated carbocycles. The first kappa shape index (κ1) is 27.3. The minimum absolute atomic E-state index is 0.112. The van der Waals surface area contributed by atoms with Crippen molar-refractivity contribution in [2.75, 3.05) is 56.5 Å². The molecule has 0 spiro atoms. The predicted octanol–water partition coefficient (Wildman–Crippen LogP) is 1.69. The van der Waals surface area contributed by atoms with E-state index in [4.69, 9.17) is 34.0 Å². The fourth-order valence-corrected chi connectivity index (χ4v) is 5.46. The number of rotatable bonds is 7. The van der Waals surface area contributed by atoms with Gasteiger partial charge in [-0.3, -0.25) is 14.5 Å². The third-order valence-electron chi connectivity index (χ3n) is 6.98. The van der Waals surface area contributed by atoms with Crippen molar-refractivity contribution in [2.45, 2.75) is 38.3 Å². The van der Waals surface area contributed by atoms with Gasteiger partial charge in [-0.15, -0.1) is 0 Å². The third kappa shape index (κ3) is 6.23. The highest BCUT2D eigenvalue weighted by Gasteiger charge is 2.35. The minimum atomic E-state index is -0.425. The topological polar surface area (TPSA) is 141 Å². The summed E-state index contributed by atoms with van der Waals surface area (Å²) in [5.41, 5.74) is 6.42. The smallest absolute Gasteiger partial charge is 0.271 e. The second kappa shape index (κ2) is 12.2. The standard InChI is InChI=1S/C24H32Cl2N8O3/c1-2-15-14-33(22-20(26)30-18(13-29-22)23(36)28-7-12-35)10-11-34(15)16-5-8-32(9-6-16)24(37)17-3-4-19(25)31-21(17)27/h3-4,13,15-16,35H,2,5-12,14H2,1H3,(H2,27,31)(H,28,36)/t15-/m0/s1. The molecule has 0 bridgehead atoms. The number of carbonyl (C=O) groups excluding carboxylic acids is 2. The summed E-state index contributed by atoms with van der Waals surface area (Å²) in [6.45, 7) is 5.76. The monoisotopic (exact) mass is 550 g/mol. The van der Waals surface area contributed by atoms with Gasteiger partial charge >= 0.3 is 0 Å². The van der Waals surface area contributed by atoms with Crippen LogP contribution in [0.2, 0.25) is 10.3 Å². The van der Waals surface area contributed by atoms with Crippen LogP contribution < -0.4 is 16.0 Å². The average molecular weight is 551 g/mol. The molecule has 0 radical (unpaired) electrons. The Balaban J connectivity index is 1.36. The number of nitrogen functional groups attached to an aromatic ring is 1. The maximum absolute atomic E-state index is 13.0. The number of hydrogen-bond donors (Lipinski definition) is 3. The number of nitrogens with zero attached hydrogens (tertiary/aromatic N) is 6. The van der Waals surface area contributed by atoms with E-state index in [1.165, 1.54) is 6.20 Å². The van der Waals surface area contributed by atoms with Gasteiger partial charge in [0.2, 0.25) is 0 Å². The number of pyridine rings is 1. The van der Waals surface area contributed by atoms with E-state index in [1.807, 2.05) is 4.90 Å². The van der Waals surface area contributed by atoms with Crippen LogP contribution in [0.15, 0.2) is 18.3 Å². The Kier molecular flexibility index (Phi) is 9.01. The molecule has 2 aliphatic heterocycles. The van der Waals surface area contributed by atoms with E-state index < -0.39 is 5.91 Å². The molecule has 2 saturated heterocycles. The van der Waals surface area contributed by atoms with E-state index in [-0.39, 0.29) is 40.9 Å². The van der Waals surface area contributed by atoms with Gasteiger partial charge in [0.15, 0.2) is 11.0 Å². The minimum Gasteiger partial charge on any atom is -0.395 e. The lowest BCUT2D eigenvalue weighted by atomic mass is 9.97. The number of aliphatic hydroxyl groups excluding tert-OH is 1. The van der Waals surface area contributed by atoms with E-state index in [9.17, 15) is 9.59 Å². The lowest BCUT2D eigenvalue weighted by molar-refractivity contribution is 0.0491. The molecule has 2 aromatic rings. The van der Waals surface area contributed by atoms with Crippen molar-refractivity contribution in [3.63, 3.8) is 0 Å². The number of piperazine rings is 1. The van der Waals surface area contributed by atoms with Crippen LogP contribution in [-0.2, 0) is 0 Å². The summed E-state index contributed by atoms with van der Waals surface area (Å²) in [5, 5.41) is 11.9. The zero-order valence-corrected chi connectivity index (χ0v) is 22.2. The van der Waals surface area contributed by atoms with E-state index >= 15 is 0 Å². The van der Waals surface area contributed by atoms with E-state index in [1.54, 1.807) is 12.1 Å². The molecule has 2 aromatic heterocycles. The lowest BCUT2D eigenvalue weighted by Gasteiger charge is -2.47. The van der Waals surface area contributed by atoms with Gasteiger partial charge in [-0.05, 0) is 31.4 Å². The van der Waals surface area contributed by atoms with E-state index in [0.29, 0.717) is 36.6 Å². The van der Waals surface area contributed by atoms with Gasteiger partial charge < -0.3 is 26.0 Å². The Labute approximate surface area is 226 Å². The highest BCUT2D eigenvalue weighted by atomic mass is 35.5. The zero-order valence-electron chi connectivity index (χ0n) is 20.7. The van der Waals surface area contributed by atoms with Crippen LogP contribution >= 0.6 is 23.2 Å². The number of nitrogens with one attached hydrogen (secondary N) is 1. The molecule has 0 unspecified atom stereocenters. The number of piperidine rings is 1. The summed E-state index contributed by atoms with van der Waals surface area (Å²) in [6, 6.07) is 3.88. The number of anilines is 2. The number of hydrogen-bond acceptors (Lipinski definition) is 9. The first-order chi connectivity index (χ1) is 17.8. The summed E-state index contributed by atoms with van der Waals surface area (Å²) < 4.78 is 0. The molecule has 4 rings (SSSR count). The lowest BCUT2D eigenvalue weighted by Crippen LogP contribution is -2.58. The molecule has 2 fully saturated rings. The number of carbonyl (C=O) groups is 2. The zero-order chi connectivity index (χ0) is 26.5. The van der Waals surface area contributed by atoms with Crippen molar-refractivity contribution in [1.82, 2.24) is 30.1 Å². The van der Waals surface area contributed by atoms with Crippen LogP contribution in [0.1, 0.15) is 47.0 Å². The van der Waals surface area contributed by atoms with E-state index in [0.717, 1.165) is 38.9 Å². The number of halogens is 2. The van der Waals surface area contributed by atoms with Crippen molar-refractivity contribution in [1.29, 1.82) is 0 Å². The summed E-state index contributed by atoms with van der Waals surface area (Å²) >= 11 is 12.3. The van der Waals surface area contributed by atoms with Crippen LogP contribution in [0.4, 0.5) is 11.6 Å². The van der Waals surface area contributed by atoms with Gasteiger partial charge in [-0.25, -0.2) is 15.0 Å². The number of likely N-dealkylation sites (tertiary alicyclic amines) is 1. The van der Waals surface area contributed by atoms with Gasteiger partial charge in [0, 0.05) is 51.4 Å². The summed E-state index contributed by atoms with van der Waals surface area (Å²) in [6.07, 6.45) is 4.12. The molecule has 4 heterocycles. The molecule has 4 N–H and O–H groups in total. The summed E-state index contributed by atoms with van der Waals surface area (Å²) in [7, 11) is 0. The Morgan fingerprint density at radius 3 is 2.57 bits per heavy atom. The van der Waals surface area contributed by atoms with E-state index in [2.05, 4.69) is 37.0 Å². The Hall–Kier alpha value is -2.73. The second-order valence-corrected chi connectivity index (χ2v) is 9.93. The maximum Gasteiger partial charge on any atom is 0.271 e. The van der Waals surface area contributed by atoms with Gasteiger partial charge in [-0.1, -0.05) is 30.1 Å². The van der Waals surface area contributed by atoms with Crippen molar-refractivity contribution in [2.24, 2.45) is 0 Å². The fraction of sp³-hybridized carbons (Fsp3) is 0.542. The molecule has 200 valence electrons. The second-order valence-electron chi connectivity index (χ2n) is 9.19. The average Bonchev–Trinajstić information content (AvgIpc) is 2.91. The molecule has 2 aliphatic rings. The summed E-state index contributed by atoms with van der Waals surface area (Å²) in [5.74, 6) is 0.181. The number of aromatic nitrogens is 3. The molecule has 0 aromatic carbocycles. The molecule has 13 heteroatoms. The highest BCUT2D eigenvalue weighted by Crippen LogP contribution is 2.29. The van der Waals surface area contributed by atoms with Crippen LogP contribution in [-0.4, -0.2) is 99.6 Å². The van der Waals surface area contributed by atoms with Crippen LogP contribution in [0.3, 0.4) is 0 Å². The first-order valence-corrected chi connectivity index (χ1v) is 13.2. The number of aliphatic hydroxyl groups is 1. The van der Waals surface area contributed by atoms with Crippen LogP contribution in [0.5, 0.6) is 0 Å². The molecule has 11 nitrogen and oxygen atoms in total. The molecular formula is C24H32Cl2N8O3. The third-order valence-corrected chi connectivity index (χ3v) is 7.45. The quantitative estimate of drug-likeness (QED) is 0.439. The molecular weight excluding hydrogens is 519 g/mol. The summed E-state index contributed by atoms with van der Waals surface area (Å²) in [4.78, 5) is 44.2. The fourth-order valence-electron chi connectivity index (χ4n) is 5.05. The highest BCUT2D eigenvalue weighted by molar-refractivity contribution is 6.32. The number of nitrogens with two attached hydrogens (primary N) is 1. The largest absolute Gasteiger partial charge is 0.395 e. The first-order valence-electron chi connectivity index (χ1n) is 12.5. The van der Waals surface area contributed by atoms with Crippen molar-refractivity contribution in [3.8, 4) is 0 Å². The van der Waals surface area contributed by atoms with Crippen molar-refractivity contribution < 1.29 is 14.7 Å². The molecule has 2 amide bonds. The predicted molar refractivity (Wildman–Crippen MR) is 142 cm³/mol. The Morgan fingerprint density at radius 1 is 1.16 bits per heavy atom. The van der Waals surface area contributed by atoms with Gasteiger partial charge in [-0.2, -0.15) is 0 Å². The van der Waals surface area contributed by atoms with Crippen LogP contribution in [0.25, 0.3) is 0 Å². The van der Waals surface area contributed by atoms with Gasteiger partial charge in [0.1, 0.15) is 16.7 Å². The SMILES string of the molecule is CC[C@H]1CN(c2ncc(C(=O)NCCO)nc2Cl)CCN1C1CCN(C(=O)c2ccc(Cl)nc2N)CC1. The Morgan fingerprint density at radius 2 is 1.92 bits per heavy atom. The van der Waals surface area contributed by atoms with Crippen molar-refractivity contribution in [3.05, 3.63) is 39.9 Å². The van der Waals surface area contributed by atoms with Crippen LogP contribution in [0, 0.1) is 0 Å².